The lowest BCUT2D eigenvalue weighted by atomic mass is 10.1. The minimum absolute atomic E-state index is 0.251. The molecule has 1 aromatic heterocycles. The van der Waals surface area contributed by atoms with Gasteiger partial charge in [0.1, 0.15) is 4.90 Å². The van der Waals surface area contributed by atoms with E-state index in [9.17, 15) is 8.42 Å². The quantitative estimate of drug-likeness (QED) is 0.896. The molecule has 0 spiro atoms. The Morgan fingerprint density at radius 2 is 2.09 bits per heavy atom. The van der Waals surface area contributed by atoms with Crippen LogP contribution in [-0.4, -0.2) is 49.2 Å². The summed E-state index contributed by atoms with van der Waals surface area (Å²) in [6.45, 7) is 1.99. The summed E-state index contributed by atoms with van der Waals surface area (Å²) in [6.07, 6.45) is 3.90. The lowest BCUT2D eigenvalue weighted by molar-refractivity contribution is 0.451. The first-order valence-electron chi connectivity index (χ1n) is 7.36. The summed E-state index contributed by atoms with van der Waals surface area (Å²) < 4.78 is 28.5. The molecule has 0 radical (unpaired) electrons. The zero-order valence-corrected chi connectivity index (χ0v) is 13.3. The molecule has 0 aliphatic carbocycles. The smallest absolute Gasteiger partial charge is 0.246 e. The third-order valence-electron chi connectivity index (χ3n) is 3.96. The van der Waals surface area contributed by atoms with E-state index in [0.29, 0.717) is 19.0 Å². The monoisotopic (exact) mass is 320 g/mol. The summed E-state index contributed by atoms with van der Waals surface area (Å²) >= 11 is 0. The van der Waals surface area contributed by atoms with E-state index in [0.717, 1.165) is 18.7 Å². The van der Waals surface area contributed by atoms with Crippen molar-refractivity contribution in [2.24, 2.45) is 5.92 Å². The molecule has 6 nitrogen and oxygen atoms in total. The SMILES string of the molecule is CNCC1CCN(S(=O)(=O)c2cnn(-c3ccccc3)c2)C1. The van der Waals surface area contributed by atoms with Gasteiger partial charge in [0.25, 0.3) is 0 Å². The maximum absolute atomic E-state index is 12.7. The zero-order valence-electron chi connectivity index (χ0n) is 12.5. The van der Waals surface area contributed by atoms with Crippen LogP contribution in [0, 0.1) is 5.92 Å². The van der Waals surface area contributed by atoms with Gasteiger partial charge >= 0.3 is 0 Å². The predicted molar refractivity (Wildman–Crippen MR) is 84.4 cm³/mol. The number of nitrogens with one attached hydrogen (secondary N) is 1. The molecular weight excluding hydrogens is 300 g/mol. The van der Waals surface area contributed by atoms with Crippen molar-refractivity contribution in [1.82, 2.24) is 19.4 Å². The molecular formula is C15H20N4O2S. The van der Waals surface area contributed by atoms with E-state index in [2.05, 4.69) is 10.4 Å². The Bertz CT molecular complexity index is 727. The number of sulfonamides is 1. The molecule has 1 aliphatic heterocycles. The Morgan fingerprint density at radius 3 is 2.82 bits per heavy atom. The third kappa shape index (κ3) is 2.92. The third-order valence-corrected chi connectivity index (χ3v) is 5.78. The molecule has 0 amide bonds. The van der Waals surface area contributed by atoms with Crippen LogP contribution in [0.1, 0.15) is 6.42 Å². The first-order chi connectivity index (χ1) is 10.6. The van der Waals surface area contributed by atoms with Crippen molar-refractivity contribution in [3.8, 4) is 5.69 Å². The zero-order chi connectivity index (χ0) is 15.6. The van der Waals surface area contributed by atoms with E-state index in [1.807, 2.05) is 37.4 Å². The van der Waals surface area contributed by atoms with E-state index in [1.165, 1.54) is 6.20 Å². The van der Waals surface area contributed by atoms with Gasteiger partial charge in [0.15, 0.2) is 0 Å². The average molecular weight is 320 g/mol. The number of benzene rings is 1. The van der Waals surface area contributed by atoms with Gasteiger partial charge in [-0.3, -0.25) is 0 Å². The van der Waals surface area contributed by atoms with E-state index >= 15 is 0 Å². The average Bonchev–Trinajstić information content (AvgIpc) is 3.18. The van der Waals surface area contributed by atoms with Crippen LogP contribution in [0.3, 0.4) is 0 Å². The van der Waals surface area contributed by atoms with Crippen molar-refractivity contribution in [1.29, 1.82) is 0 Å². The van der Waals surface area contributed by atoms with Crippen LogP contribution in [-0.2, 0) is 10.0 Å². The highest BCUT2D eigenvalue weighted by Gasteiger charge is 2.33. The fourth-order valence-electron chi connectivity index (χ4n) is 2.78. The van der Waals surface area contributed by atoms with Crippen LogP contribution in [0.25, 0.3) is 5.69 Å². The first-order valence-corrected chi connectivity index (χ1v) is 8.80. The van der Waals surface area contributed by atoms with Crippen molar-refractivity contribution in [2.75, 3.05) is 26.7 Å². The van der Waals surface area contributed by atoms with Crippen LogP contribution in [0.15, 0.2) is 47.6 Å². The van der Waals surface area contributed by atoms with Gasteiger partial charge in [-0.1, -0.05) is 18.2 Å². The Labute approximate surface area is 130 Å². The second-order valence-electron chi connectivity index (χ2n) is 5.53. The fourth-order valence-corrected chi connectivity index (χ4v) is 4.25. The topological polar surface area (TPSA) is 67.2 Å². The molecule has 118 valence electrons. The molecule has 1 unspecified atom stereocenters. The predicted octanol–water partition coefficient (Wildman–Crippen LogP) is 1.10. The molecule has 1 N–H and O–H groups in total. The van der Waals surface area contributed by atoms with E-state index < -0.39 is 10.0 Å². The Morgan fingerprint density at radius 1 is 1.32 bits per heavy atom. The van der Waals surface area contributed by atoms with Crippen LogP contribution in [0.5, 0.6) is 0 Å². The van der Waals surface area contributed by atoms with Gasteiger partial charge in [0, 0.05) is 13.1 Å². The van der Waals surface area contributed by atoms with Gasteiger partial charge in [-0.25, -0.2) is 13.1 Å². The molecule has 1 aromatic carbocycles. The molecule has 2 heterocycles. The van der Waals surface area contributed by atoms with Crippen molar-refractivity contribution in [2.45, 2.75) is 11.3 Å². The van der Waals surface area contributed by atoms with Gasteiger partial charge in [0.05, 0.1) is 18.1 Å². The van der Waals surface area contributed by atoms with E-state index in [1.54, 1.807) is 15.2 Å². The highest BCUT2D eigenvalue weighted by molar-refractivity contribution is 7.89. The van der Waals surface area contributed by atoms with Gasteiger partial charge in [-0.15, -0.1) is 0 Å². The number of rotatable bonds is 5. The summed E-state index contributed by atoms with van der Waals surface area (Å²) in [4.78, 5) is 0.251. The van der Waals surface area contributed by atoms with Crippen molar-refractivity contribution >= 4 is 10.0 Å². The number of aromatic nitrogens is 2. The minimum Gasteiger partial charge on any atom is -0.319 e. The molecule has 1 fully saturated rings. The Kier molecular flexibility index (Phi) is 4.28. The number of nitrogens with zero attached hydrogens (tertiary/aromatic N) is 3. The normalized spacial score (nSPS) is 19.6. The molecule has 7 heteroatoms. The fraction of sp³-hybridized carbons (Fsp3) is 0.400. The maximum Gasteiger partial charge on any atom is 0.246 e. The van der Waals surface area contributed by atoms with E-state index in [4.69, 9.17) is 0 Å². The summed E-state index contributed by atoms with van der Waals surface area (Å²) in [5, 5.41) is 7.29. The number of hydrogen-bond donors (Lipinski definition) is 1. The highest BCUT2D eigenvalue weighted by Crippen LogP contribution is 2.24. The molecule has 3 rings (SSSR count). The second kappa shape index (κ2) is 6.20. The van der Waals surface area contributed by atoms with Gasteiger partial charge in [-0.2, -0.15) is 9.40 Å². The lowest BCUT2D eigenvalue weighted by Crippen LogP contribution is -2.30. The van der Waals surface area contributed by atoms with Crippen molar-refractivity contribution < 1.29 is 8.42 Å². The van der Waals surface area contributed by atoms with Crippen LogP contribution in [0.2, 0.25) is 0 Å². The van der Waals surface area contributed by atoms with Crippen LogP contribution in [0.4, 0.5) is 0 Å². The second-order valence-corrected chi connectivity index (χ2v) is 7.47. The standard InChI is InChI=1S/C15H20N4O2S/c1-16-9-13-7-8-18(11-13)22(20,21)15-10-17-19(12-15)14-5-3-2-4-6-14/h2-6,10,12-13,16H,7-9,11H2,1H3. The molecule has 1 atom stereocenters. The number of hydrogen-bond acceptors (Lipinski definition) is 4. The summed E-state index contributed by atoms with van der Waals surface area (Å²) in [5.41, 5.74) is 0.846. The Hall–Kier alpha value is -1.70. The molecule has 0 saturated carbocycles. The summed E-state index contributed by atoms with van der Waals surface area (Å²) in [7, 11) is -1.56. The van der Waals surface area contributed by atoms with Crippen molar-refractivity contribution in [3.63, 3.8) is 0 Å². The highest BCUT2D eigenvalue weighted by atomic mass is 32.2. The van der Waals surface area contributed by atoms with Crippen LogP contribution >= 0.6 is 0 Å². The molecule has 2 aromatic rings. The maximum atomic E-state index is 12.7. The van der Waals surface area contributed by atoms with Crippen LogP contribution < -0.4 is 5.32 Å². The largest absolute Gasteiger partial charge is 0.319 e. The molecule has 0 bridgehead atoms. The molecule has 22 heavy (non-hydrogen) atoms. The first kappa shape index (κ1) is 15.2. The Balaban J connectivity index is 1.81. The number of para-hydroxylation sites is 1. The summed E-state index contributed by atoms with van der Waals surface area (Å²) in [5.74, 6) is 0.379. The van der Waals surface area contributed by atoms with Gasteiger partial charge in [0.2, 0.25) is 10.0 Å². The van der Waals surface area contributed by atoms with Crippen molar-refractivity contribution in [3.05, 3.63) is 42.7 Å². The lowest BCUT2D eigenvalue weighted by Gasteiger charge is -2.15. The van der Waals surface area contributed by atoms with E-state index in [-0.39, 0.29) is 4.90 Å². The molecule has 1 saturated heterocycles. The minimum atomic E-state index is -3.45. The van der Waals surface area contributed by atoms with Gasteiger partial charge in [-0.05, 0) is 38.1 Å². The molecule has 1 aliphatic rings. The summed E-state index contributed by atoms with van der Waals surface area (Å²) in [6, 6.07) is 9.49. The van der Waals surface area contributed by atoms with Gasteiger partial charge < -0.3 is 5.32 Å².